The predicted molar refractivity (Wildman–Crippen MR) is 149 cm³/mol. The molecule has 2 aliphatic carbocycles. The molecule has 1 heterocycles. The number of fused-ring (bicyclic) bond motifs is 2. The van der Waals surface area contributed by atoms with Crippen molar-refractivity contribution in [3.05, 3.63) is 39.8 Å². The van der Waals surface area contributed by atoms with Crippen LogP contribution in [0.15, 0.2) is 23.1 Å². The molecule has 2 atom stereocenters. The van der Waals surface area contributed by atoms with Gasteiger partial charge in [-0.2, -0.15) is 0 Å². The minimum atomic E-state index is -1.65. The normalized spacial score (nSPS) is 26.8. The van der Waals surface area contributed by atoms with Crippen molar-refractivity contribution < 1.29 is 0 Å². The van der Waals surface area contributed by atoms with Crippen LogP contribution in [0.5, 0.6) is 0 Å². The molecule has 2 bridgehead atoms. The second-order valence-corrected chi connectivity index (χ2v) is 21.4. The van der Waals surface area contributed by atoms with Crippen molar-refractivity contribution in [1.29, 1.82) is 0 Å². The molecule has 3 nitrogen and oxygen atoms in total. The van der Waals surface area contributed by atoms with Crippen LogP contribution in [0.2, 0.25) is 13.1 Å². The van der Waals surface area contributed by atoms with Gasteiger partial charge in [-0.25, -0.2) is 0 Å². The summed E-state index contributed by atoms with van der Waals surface area (Å²) in [6.07, 6.45) is 4.21. The summed E-state index contributed by atoms with van der Waals surface area (Å²) >= 11 is 0.592. The summed E-state index contributed by atoms with van der Waals surface area (Å²) < 4.78 is 8.85. The van der Waals surface area contributed by atoms with Gasteiger partial charge in [0, 0.05) is 0 Å². The van der Waals surface area contributed by atoms with Gasteiger partial charge in [0.15, 0.2) is 0 Å². The first-order valence-electron chi connectivity index (χ1n) is 12.5. The van der Waals surface area contributed by atoms with Gasteiger partial charge in [0.1, 0.15) is 0 Å². The van der Waals surface area contributed by atoms with Gasteiger partial charge in [-0.05, 0) is 0 Å². The molecular formula is C26H46GeN3PSi. The van der Waals surface area contributed by atoms with Gasteiger partial charge in [0.05, 0.1) is 0 Å². The van der Waals surface area contributed by atoms with Gasteiger partial charge < -0.3 is 0 Å². The first-order valence-corrected chi connectivity index (χ1v) is 18.5. The molecule has 0 amide bonds. The molecule has 1 saturated heterocycles. The fraction of sp³-hybridized carbons (Fsp3) is 0.692. The zero-order valence-electron chi connectivity index (χ0n) is 22.7. The molecule has 4 rings (SSSR count). The molecule has 0 N–H and O–H groups in total. The van der Waals surface area contributed by atoms with Gasteiger partial charge >= 0.3 is 209 Å². The van der Waals surface area contributed by atoms with E-state index in [1.54, 1.807) is 5.70 Å². The number of hydrogen-bond donors (Lipinski definition) is 0. The molecule has 1 aromatic carbocycles. The van der Waals surface area contributed by atoms with Crippen LogP contribution in [0.1, 0.15) is 77.5 Å². The summed E-state index contributed by atoms with van der Waals surface area (Å²) in [5.74, 6) is 1.58. The molecule has 0 spiro atoms. The van der Waals surface area contributed by atoms with Crippen molar-refractivity contribution in [2.24, 2.45) is 11.8 Å². The summed E-state index contributed by atoms with van der Waals surface area (Å²) in [6, 6.07) is 4.78. The third-order valence-electron chi connectivity index (χ3n) is 7.70. The van der Waals surface area contributed by atoms with Crippen molar-refractivity contribution >= 4 is 39.0 Å². The molecule has 178 valence electrons. The van der Waals surface area contributed by atoms with Gasteiger partial charge in [-0.1, -0.05) is 0 Å². The van der Waals surface area contributed by atoms with E-state index in [1.165, 1.54) is 41.6 Å². The Morgan fingerprint density at radius 3 is 1.84 bits per heavy atom. The average molecular weight is 532 g/mol. The number of allylic oxidation sites excluding steroid dienone is 2. The predicted octanol–water partition coefficient (Wildman–Crippen LogP) is 6.57. The minimum absolute atomic E-state index is 0.221. The first kappa shape index (κ1) is 25.0. The molecule has 2 fully saturated rings. The van der Waals surface area contributed by atoms with E-state index in [9.17, 15) is 0 Å². The Morgan fingerprint density at radius 2 is 1.38 bits per heavy atom. The van der Waals surface area contributed by atoms with Crippen LogP contribution in [-0.4, -0.2) is 44.9 Å². The molecule has 0 radical (unpaired) electrons. The van der Waals surface area contributed by atoms with E-state index in [4.69, 9.17) is 0 Å². The van der Waals surface area contributed by atoms with E-state index in [1.807, 2.05) is 5.31 Å². The molecule has 1 saturated carbocycles. The van der Waals surface area contributed by atoms with E-state index in [2.05, 4.69) is 100 Å². The number of anilines is 1. The second-order valence-electron chi connectivity index (χ2n) is 13.0. The Bertz CT molecular complexity index is 912. The van der Waals surface area contributed by atoms with Crippen LogP contribution in [0.4, 0.5) is 5.69 Å². The summed E-state index contributed by atoms with van der Waals surface area (Å²) in [4.78, 5) is 0. The molecular weight excluding hydrogens is 486 g/mol. The molecule has 1 aromatic rings. The number of rotatable bonds is 3. The fourth-order valence-electron chi connectivity index (χ4n) is 7.46. The maximum absolute atomic E-state index is 3.02. The zero-order valence-corrected chi connectivity index (χ0v) is 28.8. The van der Waals surface area contributed by atoms with Crippen LogP contribution >= 0.6 is 8.22 Å². The number of nitrogens with zero attached hydrogens (tertiary/aromatic N) is 3. The van der Waals surface area contributed by atoms with Gasteiger partial charge in [-0.15, -0.1) is 0 Å². The fourth-order valence-corrected chi connectivity index (χ4v) is 21.8. The number of hydrogen-bond acceptors (Lipinski definition) is 3. The summed E-state index contributed by atoms with van der Waals surface area (Å²) in [6.45, 7) is 26.8. The van der Waals surface area contributed by atoms with Crippen molar-refractivity contribution in [2.45, 2.75) is 106 Å². The Balaban J connectivity index is 1.89. The van der Waals surface area contributed by atoms with E-state index in [0.717, 1.165) is 11.8 Å². The monoisotopic (exact) mass is 533 g/mol. The molecule has 0 unspecified atom stereocenters. The quantitative estimate of drug-likeness (QED) is 0.322. The van der Waals surface area contributed by atoms with Crippen molar-refractivity contribution in [3.8, 4) is 0 Å². The topological polar surface area (TPSA) is 9.72 Å². The van der Waals surface area contributed by atoms with E-state index < -0.39 is 16.6 Å². The Morgan fingerprint density at radius 1 is 0.906 bits per heavy atom. The van der Waals surface area contributed by atoms with Gasteiger partial charge in [0.25, 0.3) is 0 Å². The molecule has 6 heteroatoms. The van der Waals surface area contributed by atoms with E-state index in [0.29, 0.717) is 16.7 Å². The third-order valence-corrected chi connectivity index (χ3v) is 20.1. The zero-order chi connectivity index (χ0) is 24.0. The summed E-state index contributed by atoms with van der Waals surface area (Å²) in [7, 11) is -2.05. The Kier molecular flexibility index (Phi) is 6.20. The number of benzene rings is 1. The van der Waals surface area contributed by atoms with Crippen LogP contribution in [0.25, 0.3) is 0 Å². The van der Waals surface area contributed by atoms with E-state index >= 15 is 0 Å². The first-order chi connectivity index (χ1) is 14.6. The van der Waals surface area contributed by atoms with E-state index in [-0.39, 0.29) is 11.1 Å². The van der Waals surface area contributed by atoms with Crippen molar-refractivity contribution in [3.63, 3.8) is 0 Å². The molecule has 1 aliphatic heterocycles. The Labute approximate surface area is 208 Å². The summed E-state index contributed by atoms with van der Waals surface area (Å²) in [5.41, 5.74) is 8.03. The Hall–Kier alpha value is -0.130. The van der Waals surface area contributed by atoms with Crippen LogP contribution in [0.3, 0.4) is 0 Å². The van der Waals surface area contributed by atoms with Crippen LogP contribution in [-0.2, 0) is 0 Å². The van der Waals surface area contributed by atoms with Gasteiger partial charge in [0.2, 0.25) is 0 Å². The van der Waals surface area contributed by atoms with Crippen LogP contribution < -0.4 is 3.86 Å². The average Bonchev–Trinajstić information content (AvgIpc) is 3.16. The maximum atomic E-state index is 3.02. The second kappa shape index (κ2) is 7.95. The van der Waals surface area contributed by atoms with Crippen molar-refractivity contribution in [2.75, 3.05) is 3.86 Å². The van der Waals surface area contributed by atoms with Crippen molar-refractivity contribution in [1.82, 2.24) is 8.67 Å². The molecule has 3 aliphatic rings. The van der Waals surface area contributed by atoms with Gasteiger partial charge in [-0.3, -0.25) is 0 Å². The standard InChI is InChI=1S/C26H46GeN3PSi/c1-17-14-18(2)22(19(3)15-17)28(27)23-20-12-13-21(16-20)24(23)31-29(25(4,5)6)32(10,11)30(31)26(7,8)9/h14-15,20-21H,12-13,16H2,1-11,27H3/t20-,21+/m1/s1. The SMILES string of the molecule is Cc1cc(C)c([N]([GeH3])C2=C(P3N(C(C)(C)C)[Si](C)(C)N3C(C)(C)C)[C@H]3CC[C@@H]2C3)c(C)c1. The van der Waals surface area contributed by atoms with Crippen LogP contribution in [0, 0.1) is 32.6 Å². The molecule has 32 heavy (non-hydrogen) atoms. The number of aryl methyl sites for hydroxylation is 3. The third kappa shape index (κ3) is 3.81. The summed E-state index contributed by atoms with van der Waals surface area (Å²) in [5, 5.41) is 1.86. The molecule has 0 aromatic heterocycles.